The summed E-state index contributed by atoms with van der Waals surface area (Å²) >= 11 is 7.49. The molecule has 1 aliphatic heterocycles. The van der Waals surface area contributed by atoms with E-state index in [0.717, 1.165) is 18.7 Å². The van der Waals surface area contributed by atoms with Crippen molar-refractivity contribution in [3.63, 3.8) is 0 Å². The Labute approximate surface area is 113 Å². The Morgan fingerprint density at radius 1 is 1.41 bits per heavy atom. The first-order chi connectivity index (χ1) is 8.09. The lowest BCUT2D eigenvalue weighted by Crippen LogP contribution is -2.38. The zero-order chi connectivity index (χ0) is 12.3. The van der Waals surface area contributed by atoms with Crippen LogP contribution >= 0.6 is 22.9 Å². The van der Waals surface area contributed by atoms with E-state index in [-0.39, 0.29) is 0 Å². The minimum absolute atomic E-state index is 0.536. The maximum atomic E-state index is 5.75. The first-order valence-electron chi connectivity index (χ1n) is 6.31. The lowest BCUT2D eigenvalue weighted by atomic mass is 9.83. The molecule has 0 unspecified atom stereocenters. The summed E-state index contributed by atoms with van der Waals surface area (Å²) in [6, 6.07) is 0. The SMILES string of the molecule is CC1(C)CCN(CCc2nc(CCl)cs2)CC1. The van der Waals surface area contributed by atoms with E-state index in [1.807, 2.05) is 0 Å². The van der Waals surface area contributed by atoms with Crippen LogP contribution in [0.4, 0.5) is 0 Å². The summed E-state index contributed by atoms with van der Waals surface area (Å²) in [6.07, 6.45) is 3.71. The van der Waals surface area contributed by atoms with Crippen molar-refractivity contribution in [2.75, 3.05) is 19.6 Å². The highest BCUT2D eigenvalue weighted by molar-refractivity contribution is 7.09. The van der Waals surface area contributed by atoms with E-state index in [4.69, 9.17) is 11.6 Å². The molecule has 0 radical (unpaired) electrons. The predicted octanol–water partition coefficient (Wildman–Crippen LogP) is 3.55. The minimum Gasteiger partial charge on any atom is -0.303 e. The van der Waals surface area contributed by atoms with E-state index in [2.05, 4.69) is 29.1 Å². The van der Waals surface area contributed by atoms with Gasteiger partial charge in [0.2, 0.25) is 0 Å². The molecule has 0 spiro atoms. The van der Waals surface area contributed by atoms with E-state index >= 15 is 0 Å². The van der Waals surface area contributed by atoms with Crippen LogP contribution in [-0.2, 0) is 12.3 Å². The van der Waals surface area contributed by atoms with Crippen LogP contribution in [0.3, 0.4) is 0 Å². The average molecular weight is 273 g/mol. The number of nitrogens with zero attached hydrogens (tertiary/aromatic N) is 2. The van der Waals surface area contributed by atoms with E-state index in [0.29, 0.717) is 11.3 Å². The molecule has 1 saturated heterocycles. The summed E-state index contributed by atoms with van der Waals surface area (Å²) in [5.74, 6) is 0.536. The van der Waals surface area contributed by atoms with E-state index in [9.17, 15) is 0 Å². The van der Waals surface area contributed by atoms with Crippen LogP contribution in [0.15, 0.2) is 5.38 Å². The number of aromatic nitrogens is 1. The summed E-state index contributed by atoms with van der Waals surface area (Å²) in [4.78, 5) is 7.06. The van der Waals surface area contributed by atoms with Crippen molar-refractivity contribution in [1.82, 2.24) is 9.88 Å². The molecule has 0 N–H and O–H groups in total. The van der Waals surface area contributed by atoms with Crippen LogP contribution in [0.2, 0.25) is 0 Å². The second-order valence-corrected chi connectivity index (χ2v) is 6.83. The molecule has 1 aromatic heterocycles. The molecule has 2 heterocycles. The van der Waals surface area contributed by atoms with Crippen molar-refractivity contribution in [3.05, 3.63) is 16.1 Å². The Morgan fingerprint density at radius 3 is 2.71 bits per heavy atom. The van der Waals surface area contributed by atoms with Crippen molar-refractivity contribution in [3.8, 4) is 0 Å². The topological polar surface area (TPSA) is 16.1 Å². The number of hydrogen-bond acceptors (Lipinski definition) is 3. The lowest BCUT2D eigenvalue weighted by molar-refractivity contribution is 0.134. The van der Waals surface area contributed by atoms with Crippen molar-refractivity contribution in [2.45, 2.75) is 39.0 Å². The highest BCUT2D eigenvalue weighted by Crippen LogP contribution is 2.29. The number of halogens is 1. The van der Waals surface area contributed by atoms with Crippen LogP contribution < -0.4 is 0 Å². The molecule has 1 aliphatic rings. The van der Waals surface area contributed by atoms with Gasteiger partial charge in [-0.1, -0.05) is 13.8 Å². The van der Waals surface area contributed by atoms with Crippen molar-refractivity contribution >= 4 is 22.9 Å². The van der Waals surface area contributed by atoms with Gasteiger partial charge in [-0.15, -0.1) is 22.9 Å². The minimum atomic E-state index is 0.536. The van der Waals surface area contributed by atoms with Crippen LogP contribution in [-0.4, -0.2) is 29.5 Å². The Bertz CT molecular complexity index is 352. The Morgan fingerprint density at radius 2 is 2.12 bits per heavy atom. The van der Waals surface area contributed by atoms with Gasteiger partial charge in [0.1, 0.15) is 0 Å². The zero-order valence-corrected chi connectivity index (χ0v) is 12.3. The molecule has 0 saturated carbocycles. The average Bonchev–Trinajstić information content (AvgIpc) is 2.75. The molecular formula is C13H21ClN2S. The monoisotopic (exact) mass is 272 g/mol. The van der Waals surface area contributed by atoms with Crippen LogP contribution in [0.5, 0.6) is 0 Å². The quantitative estimate of drug-likeness (QED) is 0.780. The van der Waals surface area contributed by atoms with Gasteiger partial charge in [-0.2, -0.15) is 0 Å². The van der Waals surface area contributed by atoms with Gasteiger partial charge in [0.25, 0.3) is 0 Å². The van der Waals surface area contributed by atoms with Gasteiger partial charge in [-0.25, -0.2) is 4.98 Å². The van der Waals surface area contributed by atoms with Crippen molar-refractivity contribution in [1.29, 1.82) is 0 Å². The summed E-state index contributed by atoms with van der Waals surface area (Å²) in [7, 11) is 0. The Balaban J connectivity index is 1.75. The van der Waals surface area contributed by atoms with Crippen LogP contribution in [0.1, 0.15) is 37.4 Å². The first kappa shape index (κ1) is 13.3. The summed E-state index contributed by atoms with van der Waals surface area (Å²) < 4.78 is 0. The molecule has 2 nitrogen and oxygen atoms in total. The van der Waals surface area contributed by atoms with Crippen molar-refractivity contribution < 1.29 is 0 Å². The standard InChI is InChI=1S/C13H21ClN2S/c1-13(2)4-7-16(8-5-13)6-3-12-15-11(9-14)10-17-12/h10H,3-9H2,1-2H3. The number of alkyl halides is 1. The fourth-order valence-electron chi connectivity index (χ4n) is 2.16. The van der Waals surface area contributed by atoms with Crippen LogP contribution in [0.25, 0.3) is 0 Å². The molecule has 0 aromatic carbocycles. The maximum Gasteiger partial charge on any atom is 0.0941 e. The van der Waals surface area contributed by atoms with Gasteiger partial charge in [0, 0.05) is 18.3 Å². The molecule has 0 aliphatic carbocycles. The predicted molar refractivity (Wildman–Crippen MR) is 74.8 cm³/mol. The van der Waals surface area contributed by atoms with Gasteiger partial charge < -0.3 is 4.90 Å². The van der Waals surface area contributed by atoms with E-state index in [1.54, 1.807) is 11.3 Å². The second kappa shape index (κ2) is 5.68. The number of likely N-dealkylation sites (tertiary alicyclic amines) is 1. The molecule has 2 rings (SSSR count). The fourth-order valence-corrected chi connectivity index (χ4v) is 3.18. The lowest BCUT2D eigenvalue weighted by Gasteiger charge is -2.36. The molecule has 1 fully saturated rings. The van der Waals surface area contributed by atoms with E-state index in [1.165, 1.54) is 30.9 Å². The smallest absolute Gasteiger partial charge is 0.0941 e. The van der Waals surface area contributed by atoms with Gasteiger partial charge >= 0.3 is 0 Å². The normalized spacial score (nSPS) is 20.6. The number of piperidine rings is 1. The highest BCUT2D eigenvalue weighted by atomic mass is 35.5. The summed E-state index contributed by atoms with van der Waals surface area (Å²) in [5.41, 5.74) is 1.56. The third-order valence-electron chi connectivity index (χ3n) is 3.59. The molecule has 4 heteroatoms. The second-order valence-electron chi connectivity index (χ2n) is 5.62. The summed E-state index contributed by atoms with van der Waals surface area (Å²) in [5, 5.41) is 3.30. The third kappa shape index (κ3) is 3.94. The third-order valence-corrected chi connectivity index (χ3v) is 4.82. The maximum absolute atomic E-state index is 5.75. The van der Waals surface area contributed by atoms with Crippen molar-refractivity contribution in [2.24, 2.45) is 5.41 Å². The van der Waals surface area contributed by atoms with Gasteiger partial charge in [-0.3, -0.25) is 0 Å². The number of hydrogen-bond donors (Lipinski definition) is 0. The first-order valence-corrected chi connectivity index (χ1v) is 7.72. The van der Waals surface area contributed by atoms with E-state index < -0.39 is 0 Å². The number of rotatable bonds is 4. The fraction of sp³-hybridized carbons (Fsp3) is 0.769. The molecule has 0 amide bonds. The Hall–Kier alpha value is -0.120. The Kier molecular flexibility index (Phi) is 4.45. The van der Waals surface area contributed by atoms with Gasteiger partial charge in [0.05, 0.1) is 16.6 Å². The molecule has 0 bridgehead atoms. The molecule has 0 atom stereocenters. The summed E-state index contributed by atoms with van der Waals surface area (Å²) in [6.45, 7) is 8.36. The zero-order valence-electron chi connectivity index (χ0n) is 10.7. The largest absolute Gasteiger partial charge is 0.303 e. The van der Waals surface area contributed by atoms with Crippen LogP contribution in [0, 0.1) is 5.41 Å². The molecule has 96 valence electrons. The molecule has 1 aromatic rings. The highest BCUT2D eigenvalue weighted by Gasteiger charge is 2.24. The molecule has 17 heavy (non-hydrogen) atoms. The number of thiazole rings is 1. The van der Waals surface area contributed by atoms with Gasteiger partial charge in [-0.05, 0) is 31.3 Å². The van der Waals surface area contributed by atoms with Gasteiger partial charge in [0.15, 0.2) is 0 Å². The molecular weight excluding hydrogens is 252 g/mol.